The van der Waals surface area contributed by atoms with Gasteiger partial charge in [-0.1, -0.05) is 62.1 Å². The second-order valence-electron chi connectivity index (χ2n) is 10.3. The lowest BCUT2D eigenvalue weighted by atomic mass is 10.1. The Bertz CT molecular complexity index is 1510. The fraction of sp³-hybridized carbons (Fsp3) is 0.250. The average Bonchev–Trinajstić information content (AvgIpc) is 3.37. The van der Waals surface area contributed by atoms with Crippen molar-refractivity contribution in [2.45, 2.75) is 39.0 Å². The molecule has 39 heavy (non-hydrogen) atoms. The van der Waals surface area contributed by atoms with E-state index in [0.717, 1.165) is 21.9 Å². The zero-order valence-electron chi connectivity index (χ0n) is 22.1. The van der Waals surface area contributed by atoms with Gasteiger partial charge in [-0.3, -0.25) is 19.0 Å². The van der Waals surface area contributed by atoms with Gasteiger partial charge in [0.05, 0.1) is 24.4 Å². The molecule has 0 bridgehead atoms. The lowest BCUT2D eigenvalue weighted by Gasteiger charge is -2.16. The minimum atomic E-state index is -1.20. The highest BCUT2D eigenvalue weighted by molar-refractivity contribution is 6.76. The number of hydrogen-bond acceptors (Lipinski definition) is 6. The number of amides is 1. The molecule has 0 radical (unpaired) electrons. The molecule has 0 unspecified atom stereocenters. The maximum Gasteiger partial charge on any atom is 0.323 e. The third kappa shape index (κ3) is 7.15. The SMILES string of the molecule is C[Si](C)(C)CCOCn1cncc1-c1ccc(C(=O)Nc2cnc(-c3ccccc3)n(CC(=O)O)c2=O)cc1. The number of hydrogen-bond donors (Lipinski definition) is 2. The van der Waals surface area contributed by atoms with Gasteiger partial charge in [0.15, 0.2) is 0 Å². The molecule has 11 heteroatoms. The van der Waals surface area contributed by atoms with Crippen molar-refractivity contribution >= 4 is 25.6 Å². The molecule has 2 N–H and O–H groups in total. The Morgan fingerprint density at radius 3 is 2.38 bits per heavy atom. The standard InChI is InChI=1S/C28H31N5O5Si/c1-39(2,3)14-13-38-19-32-18-29-16-24(32)20-9-11-22(12-10-20)27(36)31-23-15-30-26(21-7-5-4-6-8-21)33(28(23)37)17-25(34)35/h4-12,15-16,18H,13-14,17,19H2,1-3H3,(H,31,36)(H,34,35). The minimum Gasteiger partial charge on any atom is -0.480 e. The molecule has 0 aliphatic carbocycles. The molecule has 4 rings (SSSR count). The highest BCUT2D eigenvalue weighted by atomic mass is 28.3. The van der Waals surface area contributed by atoms with Gasteiger partial charge in [-0.15, -0.1) is 0 Å². The van der Waals surface area contributed by atoms with Crippen molar-refractivity contribution < 1.29 is 19.4 Å². The molecular weight excluding hydrogens is 514 g/mol. The first-order valence-electron chi connectivity index (χ1n) is 12.5. The zero-order valence-corrected chi connectivity index (χ0v) is 23.1. The van der Waals surface area contributed by atoms with Gasteiger partial charge in [0, 0.05) is 25.8 Å². The van der Waals surface area contributed by atoms with Gasteiger partial charge >= 0.3 is 5.97 Å². The number of carboxylic acids is 1. The monoisotopic (exact) mass is 545 g/mol. The first kappa shape index (κ1) is 27.7. The van der Waals surface area contributed by atoms with Crippen LogP contribution >= 0.6 is 0 Å². The fourth-order valence-corrected chi connectivity index (χ4v) is 4.63. The summed E-state index contributed by atoms with van der Waals surface area (Å²) in [6.45, 7) is 7.40. The summed E-state index contributed by atoms with van der Waals surface area (Å²) in [7, 11) is -1.17. The van der Waals surface area contributed by atoms with Crippen molar-refractivity contribution in [3.63, 3.8) is 0 Å². The molecule has 2 aromatic heterocycles. The van der Waals surface area contributed by atoms with Gasteiger partial charge in [-0.2, -0.15) is 0 Å². The van der Waals surface area contributed by atoms with Crippen LogP contribution in [-0.4, -0.2) is 50.8 Å². The van der Waals surface area contributed by atoms with Crippen molar-refractivity contribution in [2.75, 3.05) is 11.9 Å². The maximum atomic E-state index is 13.1. The fourth-order valence-electron chi connectivity index (χ4n) is 3.87. The number of imidazole rings is 1. The quantitative estimate of drug-likeness (QED) is 0.211. The normalized spacial score (nSPS) is 11.4. The van der Waals surface area contributed by atoms with E-state index in [2.05, 4.69) is 34.9 Å². The Morgan fingerprint density at radius 1 is 1.00 bits per heavy atom. The smallest absolute Gasteiger partial charge is 0.323 e. The largest absolute Gasteiger partial charge is 0.480 e. The van der Waals surface area contributed by atoms with E-state index in [-0.39, 0.29) is 11.5 Å². The van der Waals surface area contributed by atoms with Crippen LogP contribution < -0.4 is 10.9 Å². The van der Waals surface area contributed by atoms with Crippen molar-refractivity contribution in [1.82, 2.24) is 19.1 Å². The van der Waals surface area contributed by atoms with Gasteiger partial charge in [0.2, 0.25) is 0 Å². The molecule has 202 valence electrons. The molecule has 2 aromatic carbocycles. The summed E-state index contributed by atoms with van der Waals surface area (Å²) in [4.78, 5) is 46.0. The highest BCUT2D eigenvalue weighted by Gasteiger charge is 2.17. The summed E-state index contributed by atoms with van der Waals surface area (Å²) in [5, 5.41) is 11.9. The van der Waals surface area contributed by atoms with E-state index >= 15 is 0 Å². The average molecular weight is 546 g/mol. The number of carbonyl (C=O) groups excluding carboxylic acids is 1. The van der Waals surface area contributed by atoms with Gasteiger partial charge in [0.1, 0.15) is 24.8 Å². The summed E-state index contributed by atoms with van der Waals surface area (Å²) in [5.41, 5.74) is 1.85. The molecule has 0 fully saturated rings. The van der Waals surface area contributed by atoms with E-state index in [0.29, 0.717) is 24.5 Å². The Hall–Kier alpha value is -4.35. The maximum absolute atomic E-state index is 13.1. The molecule has 0 saturated carbocycles. The lowest BCUT2D eigenvalue weighted by Crippen LogP contribution is -2.30. The number of rotatable bonds is 11. The van der Waals surface area contributed by atoms with Gasteiger partial charge in [-0.05, 0) is 23.7 Å². The Balaban J connectivity index is 1.49. The number of carbonyl (C=O) groups is 2. The molecule has 0 aliphatic heterocycles. The summed E-state index contributed by atoms with van der Waals surface area (Å²) < 4.78 is 8.78. The van der Waals surface area contributed by atoms with E-state index in [4.69, 9.17) is 4.74 Å². The summed E-state index contributed by atoms with van der Waals surface area (Å²) in [6.07, 6.45) is 4.69. The van der Waals surface area contributed by atoms with E-state index < -0.39 is 32.1 Å². The summed E-state index contributed by atoms with van der Waals surface area (Å²) >= 11 is 0. The van der Waals surface area contributed by atoms with Gasteiger partial charge in [-0.25, -0.2) is 9.97 Å². The molecular formula is C28H31N5O5Si. The number of ether oxygens (including phenoxy) is 1. The first-order chi connectivity index (χ1) is 18.6. The van der Waals surface area contributed by atoms with Crippen molar-refractivity contribution in [2.24, 2.45) is 0 Å². The first-order valence-corrected chi connectivity index (χ1v) is 16.2. The number of nitrogens with zero attached hydrogens (tertiary/aromatic N) is 4. The molecule has 0 atom stereocenters. The molecule has 1 amide bonds. The van der Waals surface area contributed by atoms with Crippen LogP contribution in [0.1, 0.15) is 10.4 Å². The molecule has 0 aliphatic rings. The molecule has 0 spiro atoms. The van der Waals surface area contributed by atoms with Crippen LogP contribution in [0.25, 0.3) is 22.6 Å². The highest BCUT2D eigenvalue weighted by Crippen LogP contribution is 2.21. The summed E-state index contributed by atoms with van der Waals surface area (Å²) in [5.74, 6) is -1.51. The molecule has 0 saturated heterocycles. The Kier molecular flexibility index (Phi) is 8.52. The topological polar surface area (TPSA) is 128 Å². The lowest BCUT2D eigenvalue weighted by molar-refractivity contribution is -0.137. The van der Waals surface area contributed by atoms with Crippen molar-refractivity contribution in [1.29, 1.82) is 0 Å². The van der Waals surface area contributed by atoms with Crippen LogP contribution in [0.4, 0.5) is 5.69 Å². The zero-order chi connectivity index (χ0) is 28.0. The molecule has 2 heterocycles. The third-order valence-corrected chi connectivity index (χ3v) is 7.71. The van der Waals surface area contributed by atoms with Crippen LogP contribution in [0.15, 0.2) is 78.1 Å². The van der Waals surface area contributed by atoms with Crippen LogP contribution in [0, 0.1) is 0 Å². The predicted octanol–water partition coefficient (Wildman–Crippen LogP) is 4.42. The number of aliphatic carboxylic acids is 1. The predicted molar refractivity (Wildman–Crippen MR) is 151 cm³/mol. The minimum absolute atomic E-state index is 0.112. The summed E-state index contributed by atoms with van der Waals surface area (Å²) in [6, 6.07) is 16.8. The van der Waals surface area contributed by atoms with E-state index in [1.165, 1.54) is 6.20 Å². The van der Waals surface area contributed by atoms with Crippen molar-refractivity contribution in [3.8, 4) is 22.6 Å². The van der Waals surface area contributed by atoms with Gasteiger partial charge < -0.3 is 19.7 Å². The Morgan fingerprint density at radius 2 is 1.72 bits per heavy atom. The number of carboxylic acid groups (broad SMARTS) is 1. The van der Waals surface area contributed by atoms with E-state index in [1.54, 1.807) is 67.1 Å². The number of aromatic nitrogens is 4. The van der Waals surface area contributed by atoms with Crippen LogP contribution in [0.3, 0.4) is 0 Å². The molecule has 10 nitrogen and oxygen atoms in total. The van der Waals surface area contributed by atoms with Crippen LogP contribution in [0.5, 0.6) is 0 Å². The second-order valence-corrected chi connectivity index (χ2v) is 15.9. The van der Waals surface area contributed by atoms with Crippen molar-refractivity contribution in [3.05, 3.63) is 89.2 Å². The number of benzene rings is 2. The Labute approximate surface area is 226 Å². The van der Waals surface area contributed by atoms with E-state index in [1.807, 2.05) is 4.57 Å². The number of nitrogens with one attached hydrogen (secondary N) is 1. The van der Waals surface area contributed by atoms with Crippen LogP contribution in [0.2, 0.25) is 25.7 Å². The van der Waals surface area contributed by atoms with Gasteiger partial charge in [0.25, 0.3) is 11.5 Å². The third-order valence-electron chi connectivity index (χ3n) is 6.00. The van der Waals surface area contributed by atoms with E-state index in [9.17, 15) is 19.5 Å². The number of anilines is 1. The second kappa shape index (κ2) is 12.0. The molecule has 4 aromatic rings. The van der Waals surface area contributed by atoms with Crippen LogP contribution in [-0.2, 0) is 22.8 Å².